The average molecular weight is 336 g/mol. The van der Waals surface area contributed by atoms with Gasteiger partial charge in [0.1, 0.15) is 0 Å². The molecule has 1 aromatic rings. The minimum Gasteiger partial charge on any atom is -0.494 e. The molecule has 2 fully saturated rings. The van der Waals surface area contributed by atoms with Gasteiger partial charge < -0.3 is 9.47 Å². The summed E-state index contributed by atoms with van der Waals surface area (Å²) in [6.45, 7) is 9.29. The monoisotopic (exact) mass is 336 g/mol. The third-order valence-corrected chi connectivity index (χ3v) is 5.07. The molecule has 2 aliphatic rings. The van der Waals surface area contributed by atoms with E-state index in [1.165, 1.54) is 20.0 Å². The van der Waals surface area contributed by atoms with Crippen molar-refractivity contribution in [3.8, 4) is 5.75 Å². The molecule has 0 spiro atoms. The highest BCUT2D eigenvalue weighted by atomic mass is 19.1. The van der Waals surface area contributed by atoms with Crippen LogP contribution in [0.2, 0.25) is 0 Å². The predicted octanol–water partition coefficient (Wildman–Crippen LogP) is 2.91. The molecule has 3 unspecified atom stereocenters. The van der Waals surface area contributed by atoms with Crippen molar-refractivity contribution >= 4 is 0 Å². The normalized spacial score (nSPS) is 29.1. The van der Waals surface area contributed by atoms with E-state index < -0.39 is 0 Å². The molecule has 0 aliphatic carbocycles. The van der Waals surface area contributed by atoms with E-state index in [1.54, 1.807) is 12.1 Å². The van der Waals surface area contributed by atoms with Crippen LogP contribution in [-0.2, 0) is 11.3 Å². The first-order valence-electron chi connectivity index (χ1n) is 8.99. The number of halogens is 1. The molecule has 2 heterocycles. The van der Waals surface area contributed by atoms with Gasteiger partial charge in [0.15, 0.2) is 11.6 Å². The predicted molar refractivity (Wildman–Crippen MR) is 92.8 cm³/mol. The molecule has 0 radical (unpaired) electrons. The number of hydrogen-bond acceptors (Lipinski definition) is 4. The summed E-state index contributed by atoms with van der Waals surface area (Å²) in [6.07, 6.45) is 3.05. The lowest BCUT2D eigenvalue weighted by molar-refractivity contribution is -0.0724. The molecule has 3 rings (SSSR count). The Kier molecular flexibility index (Phi) is 5.74. The van der Waals surface area contributed by atoms with Crippen LogP contribution in [0.15, 0.2) is 18.2 Å². The maximum absolute atomic E-state index is 13.9. The molecule has 134 valence electrons. The molecule has 0 amide bonds. The first kappa shape index (κ1) is 17.6. The van der Waals surface area contributed by atoms with Gasteiger partial charge in [0.05, 0.1) is 19.3 Å². The summed E-state index contributed by atoms with van der Waals surface area (Å²) < 4.78 is 24.7. The molecule has 0 saturated carbocycles. The van der Waals surface area contributed by atoms with Gasteiger partial charge in [-0.1, -0.05) is 6.07 Å². The van der Waals surface area contributed by atoms with Crippen molar-refractivity contribution in [3.05, 3.63) is 29.6 Å². The van der Waals surface area contributed by atoms with Crippen LogP contribution >= 0.6 is 0 Å². The number of benzene rings is 1. The Morgan fingerprint density at radius 3 is 2.67 bits per heavy atom. The Morgan fingerprint density at radius 1 is 1.25 bits per heavy atom. The Labute approximate surface area is 144 Å². The SMILES string of the molecule is COc1ccc(CN2CCCC2CN2CC(C)OC(C)C2)cc1F. The average Bonchev–Trinajstić information content (AvgIpc) is 2.93. The van der Waals surface area contributed by atoms with E-state index in [0.717, 1.165) is 38.3 Å². The van der Waals surface area contributed by atoms with Gasteiger partial charge in [-0.3, -0.25) is 9.80 Å². The highest BCUT2D eigenvalue weighted by molar-refractivity contribution is 5.29. The van der Waals surface area contributed by atoms with Gasteiger partial charge >= 0.3 is 0 Å². The smallest absolute Gasteiger partial charge is 0.165 e. The molecule has 5 heteroatoms. The number of nitrogens with zero attached hydrogens (tertiary/aromatic N) is 2. The van der Waals surface area contributed by atoms with Crippen LogP contribution in [0.25, 0.3) is 0 Å². The summed E-state index contributed by atoms with van der Waals surface area (Å²) in [6, 6.07) is 5.84. The van der Waals surface area contributed by atoms with Gasteiger partial charge in [0.25, 0.3) is 0 Å². The molecular formula is C19H29FN2O2. The lowest BCUT2D eigenvalue weighted by Crippen LogP contribution is -2.50. The number of rotatable bonds is 5. The Bertz CT molecular complexity index is 544. The van der Waals surface area contributed by atoms with E-state index in [4.69, 9.17) is 9.47 Å². The Morgan fingerprint density at radius 2 is 2.00 bits per heavy atom. The molecular weight excluding hydrogens is 307 g/mol. The van der Waals surface area contributed by atoms with Gasteiger partial charge in [-0.15, -0.1) is 0 Å². The zero-order valence-corrected chi connectivity index (χ0v) is 15.0. The molecule has 0 N–H and O–H groups in total. The molecule has 24 heavy (non-hydrogen) atoms. The summed E-state index contributed by atoms with van der Waals surface area (Å²) in [4.78, 5) is 5.02. The highest BCUT2D eigenvalue weighted by Gasteiger charge is 2.29. The number of morpholine rings is 1. The summed E-state index contributed by atoms with van der Waals surface area (Å²) in [5.41, 5.74) is 1.02. The molecule has 3 atom stereocenters. The second kappa shape index (κ2) is 7.81. The van der Waals surface area contributed by atoms with Gasteiger partial charge in [-0.2, -0.15) is 0 Å². The van der Waals surface area contributed by atoms with E-state index in [-0.39, 0.29) is 5.82 Å². The maximum Gasteiger partial charge on any atom is 0.165 e. The number of likely N-dealkylation sites (tertiary alicyclic amines) is 1. The van der Waals surface area contributed by atoms with Crippen LogP contribution in [0, 0.1) is 5.82 Å². The van der Waals surface area contributed by atoms with Crippen molar-refractivity contribution in [1.29, 1.82) is 0 Å². The molecule has 1 aromatic carbocycles. The fraction of sp³-hybridized carbons (Fsp3) is 0.684. The summed E-state index contributed by atoms with van der Waals surface area (Å²) in [5.74, 6) is 0.0367. The molecule has 4 nitrogen and oxygen atoms in total. The summed E-state index contributed by atoms with van der Waals surface area (Å²) >= 11 is 0. The van der Waals surface area contributed by atoms with Crippen LogP contribution in [0.1, 0.15) is 32.3 Å². The Balaban J connectivity index is 1.60. The van der Waals surface area contributed by atoms with Crippen LogP contribution in [0.3, 0.4) is 0 Å². The quantitative estimate of drug-likeness (QED) is 0.825. The lowest BCUT2D eigenvalue weighted by Gasteiger charge is -2.38. The third-order valence-electron chi connectivity index (χ3n) is 5.07. The van der Waals surface area contributed by atoms with Gasteiger partial charge in [0.2, 0.25) is 0 Å². The van der Waals surface area contributed by atoms with E-state index in [0.29, 0.717) is 24.0 Å². The minimum atomic E-state index is -0.276. The third kappa shape index (κ3) is 4.26. The molecule has 2 aliphatic heterocycles. The van der Waals surface area contributed by atoms with Crippen molar-refractivity contribution in [2.45, 2.75) is 51.5 Å². The lowest BCUT2D eigenvalue weighted by atomic mass is 10.1. The summed E-state index contributed by atoms with van der Waals surface area (Å²) in [7, 11) is 1.50. The van der Waals surface area contributed by atoms with Crippen molar-refractivity contribution in [3.63, 3.8) is 0 Å². The zero-order valence-electron chi connectivity index (χ0n) is 15.0. The van der Waals surface area contributed by atoms with Crippen LogP contribution < -0.4 is 4.74 Å². The maximum atomic E-state index is 13.9. The number of hydrogen-bond donors (Lipinski definition) is 0. The molecule has 0 bridgehead atoms. The van der Waals surface area contributed by atoms with E-state index >= 15 is 0 Å². The van der Waals surface area contributed by atoms with E-state index in [9.17, 15) is 4.39 Å². The van der Waals surface area contributed by atoms with Crippen LogP contribution in [0.5, 0.6) is 5.75 Å². The van der Waals surface area contributed by atoms with Crippen molar-refractivity contribution in [2.75, 3.05) is 33.3 Å². The zero-order chi connectivity index (χ0) is 17.1. The van der Waals surface area contributed by atoms with Gasteiger partial charge in [0, 0.05) is 32.2 Å². The fourth-order valence-electron chi connectivity index (χ4n) is 4.08. The van der Waals surface area contributed by atoms with Crippen LogP contribution in [0.4, 0.5) is 4.39 Å². The number of methoxy groups -OCH3 is 1. The largest absolute Gasteiger partial charge is 0.494 e. The standard InChI is InChI=1S/C19H29FN2O2/c1-14-10-21(11-15(2)24-14)13-17-5-4-8-22(17)12-16-6-7-19(23-3)18(20)9-16/h6-7,9,14-15,17H,4-5,8,10-13H2,1-3H3. The summed E-state index contributed by atoms with van der Waals surface area (Å²) in [5, 5.41) is 0. The van der Waals surface area contributed by atoms with Gasteiger partial charge in [-0.05, 0) is 50.9 Å². The Hall–Kier alpha value is -1.17. The first-order valence-corrected chi connectivity index (χ1v) is 8.99. The van der Waals surface area contributed by atoms with Crippen LogP contribution in [-0.4, -0.2) is 61.3 Å². The van der Waals surface area contributed by atoms with E-state index in [1.807, 2.05) is 6.07 Å². The number of ether oxygens (including phenoxy) is 2. The van der Waals surface area contributed by atoms with E-state index in [2.05, 4.69) is 23.6 Å². The molecule has 2 saturated heterocycles. The second-order valence-electron chi connectivity index (χ2n) is 7.21. The second-order valence-corrected chi connectivity index (χ2v) is 7.21. The first-order chi connectivity index (χ1) is 11.5. The topological polar surface area (TPSA) is 24.9 Å². The minimum absolute atomic E-state index is 0.276. The van der Waals surface area contributed by atoms with Crippen molar-refractivity contribution in [2.24, 2.45) is 0 Å². The fourth-order valence-corrected chi connectivity index (χ4v) is 4.08. The van der Waals surface area contributed by atoms with Crippen molar-refractivity contribution in [1.82, 2.24) is 9.80 Å². The van der Waals surface area contributed by atoms with Crippen molar-refractivity contribution < 1.29 is 13.9 Å². The molecule has 0 aromatic heterocycles. The van der Waals surface area contributed by atoms with Gasteiger partial charge in [-0.25, -0.2) is 4.39 Å². The highest BCUT2D eigenvalue weighted by Crippen LogP contribution is 2.24.